The molecule has 1 fully saturated rings. The minimum absolute atomic E-state index is 0.274. The van der Waals surface area contributed by atoms with Crippen LogP contribution in [0.25, 0.3) is 0 Å². The maximum absolute atomic E-state index is 6.22. The molecule has 1 atom stereocenters. The van der Waals surface area contributed by atoms with Gasteiger partial charge in [0.1, 0.15) is 0 Å². The molecular formula is C16H25BrClN3. The third kappa shape index (κ3) is 4.67. The highest BCUT2D eigenvalue weighted by atomic mass is 79.9. The van der Waals surface area contributed by atoms with E-state index < -0.39 is 0 Å². The van der Waals surface area contributed by atoms with Crippen LogP contribution in [-0.4, -0.2) is 50.1 Å². The second kappa shape index (κ2) is 7.93. The zero-order valence-electron chi connectivity index (χ0n) is 12.9. The first-order valence-corrected chi connectivity index (χ1v) is 8.72. The van der Waals surface area contributed by atoms with Gasteiger partial charge in [-0.05, 0) is 79.6 Å². The summed E-state index contributed by atoms with van der Waals surface area (Å²) < 4.78 is 0.938. The van der Waals surface area contributed by atoms with E-state index in [9.17, 15) is 0 Å². The standard InChI is InChI=1S/C16H25BrClN3/c1-20(2)11-12-5-7-21(8-6-12)16(10-19)13-3-4-14(17)15(18)9-13/h3-4,9,12,16H,5-8,10-11,19H2,1-2H3. The third-order valence-corrected chi connectivity index (χ3v) is 5.50. The Kier molecular flexibility index (Phi) is 6.51. The largest absolute Gasteiger partial charge is 0.329 e. The third-order valence-electron chi connectivity index (χ3n) is 4.26. The summed E-state index contributed by atoms with van der Waals surface area (Å²) in [5, 5.41) is 0.758. The van der Waals surface area contributed by atoms with Gasteiger partial charge in [0.25, 0.3) is 0 Å². The molecule has 0 bridgehead atoms. The summed E-state index contributed by atoms with van der Waals surface area (Å²) >= 11 is 9.67. The summed E-state index contributed by atoms with van der Waals surface area (Å²) in [6.45, 7) is 4.06. The summed E-state index contributed by atoms with van der Waals surface area (Å²) in [5.74, 6) is 0.809. The first kappa shape index (κ1) is 17.2. The molecule has 0 aliphatic carbocycles. The molecule has 2 rings (SSSR count). The van der Waals surface area contributed by atoms with Crippen molar-refractivity contribution < 1.29 is 0 Å². The Bertz CT molecular complexity index is 459. The molecule has 1 aliphatic heterocycles. The highest BCUT2D eigenvalue weighted by Gasteiger charge is 2.25. The number of nitrogens with two attached hydrogens (primary N) is 1. The molecule has 1 saturated heterocycles. The maximum atomic E-state index is 6.22. The summed E-state index contributed by atoms with van der Waals surface area (Å²) in [7, 11) is 4.30. The first-order valence-electron chi connectivity index (χ1n) is 7.55. The van der Waals surface area contributed by atoms with Gasteiger partial charge in [0.2, 0.25) is 0 Å². The van der Waals surface area contributed by atoms with E-state index in [-0.39, 0.29) is 6.04 Å². The smallest absolute Gasteiger partial charge is 0.0551 e. The topological polar surface area (TPSA) is 32.5 Å². The molecule has 0 aromatic heterocycles. The highest BCUT2D eigenvalue weighted by molar-refractivity contribution is 9.10. The lowest BCUT2D eigenvalue weighted by atomic mass is 9.94. The van der Waals surface area contributed by atoms with Crippen molar-refractivity contribution in [3.63, 3.8) is 0 Å². The van der Waals surface area contributed by atoms with Crippen molar-refractivity contribution in [2.45, 2.75) is 18.9 Å². The number of nitrogens with zero attached hydrogens (tertiary/aromatic N) is 2. The van der Waals surface area contributed by atoms with Gasteiger partial charge in [-0.15, -0.1) is 0 Å². The number of piperidine rings is 1. The molecule has 0 radical (unpaired) electrons. The summed E-state index contributed by atoms with van der Waals surface area (Å²) in [6.07, 6.45) is 2.50. The van der Waals surface area contributed by atoms with Gasteiger partial charge in [0.15, 0.2) is 0 Å². The number of hydrogen-bond acceptors (Lipinski definition) is 3. The fourth-order valence-electron chi connectivity index (χ4n) is 3.18. The van der Waals surface area contributed by atoms with Gasteiger partial charge >= 0.3 is 0 Å². The zero-order chi connectivity index (χ0) is 15.4. The predicted octanol–water partition coefficient (Wildman–Crippen LogP) is 3.38. The van der Waals surface area contributed by atoms with E-state index in [4.69, 9.17) is 17.3 Å². The van der Waals surface area contributed by atoms with Crippen LogP contribution in [-0.2, 0) is 0 Å². The Morgan fingerprint density at radius 3 is 2.57 bits per heavy atom. The Balaban J connectivity index is 2.00. The molecule has 0 spiro atoms. The van der Waals surface area contributed by atoms with E-state index in [1.165, 1.54) is 24.9 Å². The number of hydrogen-bond donors (Lipinski definition) is 1. The highest BCUT2D eigenvalue weighted by Crippen LogP contribution is 2.30. The van der Waals surface area contributed by atoms with Crippen LogP contribution in [0.4, 0.5) is 0 Å². The zero-order valence-corrected chi connectivity index (χ0v) is 15.2. The van der Waals surface area contributed by atoms with Crippen molar-refractivity contribution in [1.82, 2.24) is 9.80 Å². The number of likely N-dealkylation sites (tertiary alicyclic amines) is 1. The molecule has 0 saturated carbocycles. The monoisotopic (exact) mass is 373 g/mol. The van der Waals surface area contributed by atoms with Gasteiger partial charge in [0, 0.05) is 23.6 Å². The van der Waals surface area contributed by atoms with E-state index in [1.54, 1.807) is 0 Å². The van der Waals surface area contributed by atoms with E-state index in [0.717, 1.165) is 28.5 Å². The predicted molar refractivity (Wildman–Crippen MR) is 93.8 cm³/mol. The van der Waals surface area contributed by atoms with Crippen LogP contribution >= 0.6 is 27.5 Å². The molecule has 1 aliphatic rings. The molecule has 118 valence electrons. The Labute approximate surface area is 141 Å². The van der Waals surface area contributed by atoms with Crippen LogP contribution in [0.15, 0.2) is 22.7 Å². The molecule has 1 unspecified atom stereocenters. The lowest BCUT2D eigenvalue weighted by molar-refractivity contribution is 0.122. The maximum Gasteiger partial charge on any atom is 0.0551 e. The van der Waals surface area contributed by atoms with Crippen molar-refractivity contribution in [2.24, 2.45) is 11.7 Å². The van der Waals surface area contributed by atoms with Crippen LogP contribution in [0.3, 0.4) is 0 Å². The van der Waals surface area contributed by atoms with E-state index in [2.05, 4.69) is 45.9 Å². The summed E-state index contributed by atoms with van der Waals surface area (Å²) in [6, 6.07) is 6.45. The lowest BCUT2D eigenvalue weighted by Gasteiger charge is -2.38. The van der Waals surface area contributed by atoms with Crippen molar-refractivity contribution in [2.75, 3.05) is 40.3 Å². The van der Waals surface area contributed by atoms with Crippen LogP contribution < -0.4 is 5.73 Å². The second-order valence-electron chi connectivity index (χ2n) is 6.17. The molecule has 21 heavy (non-hydrogen) atoms. The quantitative estimate of drug-likeness (QED) is 0.857. The normalized spacial score (nSPS) is 19.1. The minimum Gasteiger partial charge on any atom is -0.329 e. The van der Waals surface area contributed by atoms with E-state index >= 15 is 0 Å². The molecule has 3 nitrogen and oxygen atoms in total. The van der Waals surface area contributed by atoms with Crippen molar-refractivity contribution in [3.8, 4) is 0 Å². The first-order chi connectivity index (χ1) is 10.0. The average molecular weight is 375 g/mol. The van der Waals surface area contributed by atoms with Crippen molar-refractivity contribution >= 4 is 27.5 Å². The Hall–Kier alpha value is -0.130. The Morgan fingerprint density at radius 1 is 1.38 bits per heavy atom. The van der Waals surface area contributed by atoms with Gasteiger partial charge in [-0.3, -0.25) is 4.90 Å². The van der Waals surface area contributed by atoms with Gasteiger partial charge in [-0.1, -0.05) is 17.7 Å². The molecule has 1 aromatic carbocycles. The molecule has 2 N–H and O–H groups in total. The van der Waals surface area contributed by atoms with E-state index in [0.29, 0.717) is 6.54 Å². The van der Waals surface area contributed by atoms with Gasteiger partial charge in [-0.2, -0.15) is 0 Å². The fraction of sp³-hybridized carbons (Fsp3) is 0.625. The van der Waals surface area contributed by atoms with Crippen molar-refractivity contribution in [3.05, 3.63) is 33.3 Å². The fourth-order valence-corrected chi connectivity index (χ4v) is 3.61. The van der Waals surface area contributed by atoms with E-state index in [1.807, 2.05) is 12.1 Å². The molecule has 1 heterocycles. The molecular weight excluding hydrogens is 350 g/mol. The van der Waals surface area contributed by atoms with Gasteiger partial charge in [-0.25, -0.2) is 0 Å². The Morgan fingerprint density at radius 2 is 2.05 bits per heavy atom. The molecule has 5 heteroatoms. The number of rotatable bonds is 5. The SMILES string of the molecule is CN(C)CC1CCN(C(CN)c2ccc(Br)c(Cl)c2)CC1. The van der Waals surface area contributed by atoms with Crippen LogP contribution in [0.1, 0.15) is 24.4 Å². The second-order valence-corrected chi connectivity index (χ2v) is 7.43. The van der Waals surface area contributed by atoms with Gasteiger partial charge in [0.05, 0.1) is 5.02 Å². The number of halogens is 2. The summed E-state index contributed by atoms with van der Waals surface area (Å²) in [4.78, 5) is 4.79. The lowest BCUT2D eigenvalue weighted by Crippen LogP contribution is -2.41. The minimum atomic E-state index is 0.274. The van der Waals surface area contributed by atoms with Gasteiger partial charge < -0.3 is 10.6 Å². The van der Waals surface area contributed by atoms with Crippen LogP contribution in [0.2, 0.25) is 5.02 Å². The van der Waals surface area contributed by atoms with Crippen LogP contribution in [0.5, 0.6) is 0 Å². The summed E-state index contributed by atoms with van der Waals surface area (Å²) in [5.41, 5.74) is 7.25. The molecule has 0 amide bonds. The van der Waals surface area contributed by atoms with Crippen molar-refractivity contribution in [1.29, 1.82) is 0 Å². The average Bonchev–Trinajstić information content (AvgIpc) is 2.45. The number of benzene rings is 1. The molecule has 1 aromatic rings. The van der Waals surface area contributed by atoms with Crippen LogP contribution in [0, 0.1) is 5.92 Å².